The second-order valence-corrected chi connectivity index (χ2v) is 11.0. The zero-order valence-corrected chi connectivity index (χ0v) is 23.0. The molecular formula is C28H22F2N6O6S. The van der Waals surface area contributed by atoms with E-state index in [1.54, 1.807) is 36.1 Å². The van der Waals surface area contributed by atoms with Crippen LogP contribution in [0.4, 0.5) is 14.5 Å². The molecule has 0 saturated carbocycles. The number of fused-ring (bicyclic) bond motifs is 1. The molecule has 0 aliphatic heterocycles. The van der Waals surface area contributed by atoms with Crippen molar-refractivity contribution in [1.82, 2.24) is 24.6 Å². The molecule has 5 rings (SSSR count). The molecule has 1 amide bonds. The van der Waals surface area contributed by atoms with Gasteiger partial charge in [0.25, 0.3) is 21.5 Å². The summed E-state index contributed by atoms with van der Waals surface area (Å²) >= 11 is 0. The van der Waals surface area contributed by atoms with Gasteiger partial charge in [-0.15, -0.1) is 0 Å². The van der Waals surface area contributed by atoms with E-state index in [9.17, 15) is 36.7 Å². The number of halogens is 2. The maximum Gasteiger partial charge on any atom is 0.326 e. The Balaban J connectivity index is 1.32. The number of carboxylic acid groups (broad SMARTS) is 1. The number of sulfonamides is 1. The third kappa shape index (κ3) is 5.83. The maximum atomic E-state index is 14.8. The molecule has 0 unspecified atom stereocenters. The van der Waals surface area contributed by atoms with Crippen LogP contribution >= 0.6 is 0 Å². The van der Waals surface area contributed by atoms with E-state index < -0.39 is 50.8 Å². The Morgan fingerprint density at radius 3 is 2.42 bits per heavy atom. The number of anilines is 1. The molecule has 0 fully saturated rings. The van der Waals surface area contributed by atoms with Crippen molar-refractivity contribution < 1.29 is 31.9 Å². The summed E-state index contributed by atoms with van der Waals surface area (Å²) in [6, 6.07) is 11.0. The van der Waals surface area contributed by atoms with E-state index in [1.165, 1.54) is 47.4 Å². The Labute approximate surface area is 242 Å². The molecule has 0 aliphatic carbocycles. The third-order valence-electron chi connectivity index (χ3n) is 6.54. The van der Waals surface area contributed by atoms with Crippen molar-refractivity contribution in [3.63, 3.8) is 0 Å². The van der Waals surface area contributed by atoms with E-state index in [-0.39, 0.29) is 22.6 Å². The van der Waals surface area contributed by atoms with Gasteiger partial charge >= 0.3 is 5.97 Å². The predicted octanol–water partition coefficient (Wildman–Crippen LogP) is 2.62. The molecule has 220 valence electrons. The van der Waals surface area contributed by atoms with Crippen LogP contribution in [0.2, 0.25) is 0 Å². The summed E-state index contributed by atoms with van der Waals surface area (Å²) in [5.74, 6) is -5.25. The highest BCUT2D eigenvalue weighted by Gasteiger charge is 2.26. The number of hydrogen-bond acceptors (Lipinski definition) is 7. The van der Waals surface area contributed by atoms with Gasteiger partial charge in [0.05, 0.1) is 45.1 Å². The van der Waals surface area contributed by atoms with E-state index in [2.05, 4.69) is 15.3 Å². The van der Waals surface area contributed by atoms with E-state index in [0.717, 1.165) is 0 Å². The Bertz CT molecular complexity index is 2030. The second kappa shape index (κ2) is 11.4. The molecule has 0 radical (unpaired) electrons. The normalized spacial score (nSPS) is 12.2. The number of nitrogens with zero attached hydrogens (tertiary/aromatic N) is 4. The highest BCUT2D eigenvalue weighted by atomic mass is 32.2. The highest BCUT2D eigenvalue weighted by Crippen LogP contribution is 2.23. The van der Waals surface area contributed by atoms with Gasteiger partial charge in [-0.2, -0.15) is 0 Å². The summed E-state index contributed by atoms with van der Waals surface area (Å²) in [5.41, 5.74) is -0.669. The van der Waals surface area contributed by atoms with Crippen LogP contribution in [0, 0.1) is 11.6 Å². The zero-order chi connectivity index (χ0) is 30.9. The van der Waals surface area contributed by atoms with Gasteiger partial charge in [-0.25, -0.2) is 26.7 Å². The van der Waals surface area contributed by atoms with Gasteiger partial charge in [-0.1, -0.05) is 18.2 Å². The van der Waals surface area contributed by atoms with E-state index in [1.807, 2.05) is 4.72 Å². The lowest BCUT2D eigenvalue weighted by molar-refractivity contribution is -0.139. The number of pyridine rings is 2. The number of carbonyl (C=O) groups excluding carboxylic acids is 1. The van der Waals surface area contributed by atoms with Crippen molar-refractivity contribution in [2.24, 2.45) is 7.05 Å². The van der Waals surface area contributed by atoms with Crippen LogP contribution in [0.3, 0.4) is 0 Å². The molecule has 43 heavy (non-hydrogen) atoms. The number of amides is 1. The average Bonchev–Trinajstić information content (AvgIpc) is 3.24. The molecule has 12 nitrogen and oxygen atoms in total. The minimum Gasteiger partial charge on any atom is -0.480 e. The molecule has 3 heterocycles. The van der Waals surface area contributed by atoms with Crippen LogP contribution in [0.15, 0.2) is 88.9 Å². The van der Waals surface area contributed by atoms with Gasteiger partial charge in [0.1, 0.15) is 17.7 Å². The van der Waals surface area contributed by atoms with Crippen LogP contribution in [0.1, 0.15) is 16.1 Å². The van der Waals surface area contributed by atoms with Crippen molar-refractivity contribution >= 4 is 38.5 Å². The number of benzene rings is 2. The standard InChI is InChI=1S/C28H22F2N6O6S/c1-35-25-15-31-10-9-19(25)27(38)36(35)17-8-7-16(32-14-17)11-24(28(39)40)33-26(37)20-12-22(30)23(13-21(20)29)34-43(41,42)18-5-3-2-4-6-18/h2-10,12-15,24,34H,11H2,1H3,(H,33,37)(H,39,40)/t24-/m0/s1. The Morgan fingerprint density at radius 1 is 1.02 bits per heavy atom. The molecule has 0 saturated heterocycles. The number of aryl methyl sites for hydroxylation is 1. The summed E-state index contributed by atoms with van der Waals surface area (Å²) in [6.45, 7) is 0. The molecule has 3 aromatic heterocycles. The number of aliphatic carboxylic acids is 1. The summed E-state index contributed by atoms with van der Waals surface area (Å²) < 4.78 is 59.4. The molecule has 0 bridgehead atoms. The largest absolute Gasteiger partial charge is 0.480 e. The molecule has 1 atom stereocenters. The first-order valence-electron chi connectivity index (χ1n) is 12.5. The molecule has 2 aromatic carbocycles. The predicted molar refractivity (Wildman–Crippen MR) is 150 cm³/mol. The van der Waals surface area contributed by atoms with Crippen LogP contribution in [0.5, 0.6) is 0 Å². The van der Waals surface area contributed by atoms with Crippen LogP contribution in [-0.2, 0) is 28.3 Å². The number of carbonyl (C=O) groups is 2. The number of aromatic nitrogens is 4. The van der Waals surface area contributed by atoms with Crippen molar-refractivity contribution in [3.05, 3.63) is 112 Å². The first-order valence-corrected chi connectivity index (χ1v) is 14.0. The molecule has 0 spiro atoms. The minimum atomic E-state index is -4.25. The topological polar surface area (TPSA) is 165 Å². The highest BCUT2D eigenvalue weighted by molar-refractivity contribution is 7.92. The fraction of sp³-hybridized carbons (Fsp3) is 0.107. The van der Waals surface area contributed by atoms with E-state index in [0.29, 0.717) is 28.7 Å². The van der Waals surface area contributed by atoms with E-state index >= 15 is 0 Å². The lowest BCUT2D eigenvalue weighted by Gasteiger charge is -2.16. The SMILES string of the molecule is Cn1c2cnccc2c(=O)n1-c1ccc(C[C@H](NC(=O)c2cc(F)c(NS(=O)(=O)c3ccccc3)cc2F)C(=O)O)nc1. The first-order chi connectivity index (χ1) is 20.5. The summed E-state index contributed by atoms with van der Waals surface area (Å²) in [5, 5.41) is 12.3. The fourth-order valence-electron chi connectivity index (χ4n) is 4.38. The van der Waals surface area contributed by atoms with Gasteiger partial charge in [-0.3, -0.25) is 29.0 Å². The van der Waals surface area contributed by atoms with Gasteiger partial charge < -0.3 is 10.4 Å². The van der Waals surface area contributed by atoms with Gasteiger partial charge in [0.2, 0.25) is 0 Å². The van der Waals surface area contributed by atoms with Crippen LogP contribution in [-0.4, -0.2) is 50.8 Å². The zero-order valence-electron chi connectivity index (χ0n) is 22.2. The Hall–Kier alpha value is -5.44. The maximum absolute atomic E-state index is 14.8. The summed E-state index contributed by atoms with van der Waals surface area (Å²) in [7, 11) is -2.58. The van der Waals surface area contributed by atoms with Crippen molar-refractivity contribution in [3.8, 4) is 5.69 Å². The van der Waals surface area contributed by atoms with Gasteiger partial charge in [0, 0.05) is 31.4 Å². The van der Waals surface area contributed by atoms with Crippen molar-refractivity contribution in [1.29, 1.82) is 0 Å². The van der Waals surface area contributed by atoms with E-state index in [4.69, 9.17) is 0 Å². The van der Waals surface area contributed by atoms with Crippen molar-refractivity contribution in [2.45, 2.75) is 17.4 Å². The monoisotopic (exact) mass is 608 g/mol. The van der Waals surface area contributed by atoms with Crippen LogP contribution < -0.4 is 15.6 Å². The lowest BCUT2D eigenvalue weighted by atomic mass is 10.1. The summed E-state index contributed by atoms with van der Waals surface area (Å²) in [6.07, 6.45) is 4.07. The number of nitrogens with one attached hydrogen (secondary N) is 2. The second-order valence-electron chi connectivity index (χ2n) is 9.34. The third-order valence-corrected chi connectivity index (χ3v) is 7.92. The molecule has 0 aliphatic rings. The smallest absolute Gasteiger partial charge is 0.326 e. The van der Waals surface area contributed by atoms with Gasteiger partial charge in [0.15, 0.2) is 0 Å². The fourth-order valence-corrected chi connectivity index (χ4v) is 5.46. The first kappa shape index (κ1) is 29.1. The molecule has 15 heteroatoms. The number of rotatable bonds is 9. The quantitative estimate of drug-likeness (QED) is 0.230. The Kier molecular flexibility index (Phi) is 7.74. The molecular weight excluding hydrogens is 586 g/mol. The minimum absolute atomic E-state index is 0.191. The molecule has 3 N–H and O–H groups in total. The molecule has 5 aromatic rings. The van der Waals surface area contributed by atoms with Crippen LogP contribution in [0.25, 0.3) is 16.6 Å². The number of hydrogen-bond donors (Lipinski definition) is 3. The summed E-state index contributed by atoms with van der Waals surface area (Å²) in [4.78, 5) is 45.5. The van der Waals surface area contributed by atoms with Crippen molar-refractivity contribution in [2.75, 3.05) is 4.72 Å². The van der Waals surface area contributed by atoms with Gasteiger partial charge in [-0.05, 0) is 36.4 Å². The Morgan fingerprint density at radius 2 is 1.77 bits per heavy atom. The lowest BCUT2D eigenvalue weighted by Crippen LogP contribution is -2.42. The average molecular weight is 609 g/mol. The number of carboxylic acids is 1.